The maximum atomic E-state index is 12.8. The summed E-state index contributed by atoms with van der Waals surface area (Å²) in [7, 11) is 0. The highest BCUT2D eigenvalue weighted by Gasteiger charge is 2.34. The number of amides is 1. The first kappa shape index (κ1) is 22.3. The number of likely N-dealkylation sites (tertiary alicyclic amines) is 1. The van der Waals surface area contributed by atoms with Crippen LogP contribution in [0.15, 0.2) is 36.5 Å². The molecule has 1 saturated heterocycles. The van der Waals surface area contributed by atoms with Gasteiger partial charge in [0, 0.05) is 29.8 Å². The first-order valence-corrected chi connectivity index (χ1v) is 11.4. The zero-order chi connectivity index (χ0) is 22.7. The first-order valence-electron chi connectivity index (χ1n) is 11.4. The van der Waals surface area contributed by atoms with E-state index in [-0.39, 0.29) is 29.3 Å². The van der Waals surface area contributed by atoms with Crippen LogP contribution in [0.5, 0.6) is 0 Å². The van der Waals surface area contributed by atoms with Gasteiger partial charge in [-0.05, 0) is 55.8 Å². The molecule has 2 aromatic rings. The van der Waals surface area contributed by atoms with Gasteiger partial charge in [0.1, 0.15) is 5.82 Å². The van der Waals surface area contributed by atoms with Crippen LogP contribution < -0.4 is 11.1 Å². The largest absolute Gasteiger partial charge is 0.393 e. The summed E-state index contributed by atoms with van der Waals surface area (Å²) in [6.45, 7) is 4.96. The van der Waals surface area contributed by atoms with Crippen LogP contribution in [0.4, 0.5) is 5.82 Å². The molecule has 1 amide bonds. The summed E-state index contributed by atoms with van der Waals surface area (Å²) in [5, 5.41) is 12.7. The third-order valence-electron chi connectivity index (χ3n) is 6.98. The third kappa shape index (κ3) is 4.79. The van der Waals surface area contributed by atoms with Gasteiger partial charge in [0.05, 0.1) is 18.2 Å². The number of nitrogens with one attached hydrogen (secondary N) is 1. The van der Waals surface area contributed by atoms with Crippen molar-refractivity contribution in [2.24, 2.45) is 0 Å². The van der Waals surface area contributed by atoms with Gasteiger partial charge in [-0.2, -0.15) is 0 Å². The number of carbonyl (C=O) groups excluding carboxylic acids is 1. The van der Waals surface area contributed by atoms with Gasteiger partial charge in [0.15, 0.2) is 0 Å². The van der Waals surface area contributed by atoms with Crippen molar-refractivity contribution < 1.29 is 9.90 Å². The Morgan fingerprint density at radius 3 is 2.69 bits per heavy atom. The average molecular weight is 433 g/mol. The van der Waals surface area contributed by atoms with Crippen LogP contribution >= 0.6 is 0 Å². The molecule has 168 valence electrons. The van der Waals surface area contributed by atoms with E-state index in [9.17, 15) is 9.90 Å². The molecule has 1 aromatic carbocycles. The number of aromatic nitrogens is 1. The van der Waals surface area contributed by atoms with E-state index in [0.29, 0.717) is 24.9 Å². The lowest BCUT2D eigenvalue weighted by Gasteiger charge is -2.26. The molecule has 1 aromatic heterocycles. The predicted molar refractivity (Wildman–Crippen MR) is 127 cm³/mol. The minimum Gasteiger partial charge on any atom is -0.393 e. The minimum absolute atomic E-state index is 0.0643. The van der Waals surface area contributed by atoms with Gasteiger partial charge in [-0.3, -0.25) is 9.69 Å². The average Bonchev–Trinajstić information content (AvgIpc) is 3.18. The molecule has 1 atom stereocenters. The predicted octanol–water partition coefficient (Wildman–Crippen LogP) is 2.96. The molecule has 0 bridgehead atoms. The Bertz CT molecular complexity index is 1010. The van der Waals surface area contributed by atoms with Crippen LogP contribution in [0.25, 0.3) is 11.1 Å². The smallest absolute Gasteiger partial charge is 0.255 e. The fourth-order valence-corrected chi connectivity index (χ4v) is 4.92. The highest BCUT2D eigenvalue weighted by atomic mass is 16.3. The van der Waals surface area contributed by atoms with Crippen LogP contribution in [0.1, 0.15) is 54.9 Å². The molecule has 32 heavy (non-hydrogen) atoms. The Hall–Kier alpha value is -2.88. The SMILES string of the molecule is C#CCN1CC[C@](C)(c2ccc(-c3cnc(N)c(C(=O)N[C@H]4CC[C@H](O)CC4)c3)cc2)C1. The molecule has 0 spiro atoms. The van der Waals surface area contributed by atoms with E-state index in [2.05, 4.69) is 52.3 Å². The van der Waals surface area contributed by atoms with Crippen molar-refractivity contribution in [3.8, 4) is 23.5 Å². The molecule has 2 aliphatic rings. The van der Waals surface area contributed by atoms with E-state index in [0.717, 1.165) is 43.5 Å². The highest BCUT2D eigenvalue weighted by molar-refractivity contribution is 5.99. The molecule has 0 unspecified atom stereocenters. The lowest BCUT2D eigenvalue weighted by molar-refractivity contribution is 0.0868. The summed E-state index contributed by atoms with van der Waals surface area (Å²) >= 11 is 0. The lowest BCUT2D eigenvalue weighted by Crippen LogP contribution is -2.38. The molecule has 4 N–H and O–H groups in total. The number of aliphatic hydroxyl groups is 1. The number of nitrogens with zero attached hydrogens (tertiary/aromatic N) is 2. The molecule has 6 heteroatoms. The number of nitrogens with two attached hydrogens (primary N) is 1. The number of hydrogen-bond donors (Lipinski definition) is 3. The zero-order valence-corrected chi connectivity index (χ0v) is 18.7. The van der Waals surface area contributed by atoms with Crippen molar-refractivity contribution in [2.45, 2.75) is 56.6 Å². The number of nitrogen functional groups attached to an aromatic ring is 1. The quantitative estimate of drug-likeness (QED) is 0.632. The normalized spacial score (nSPS) is 25.9. The van der Waals surface area contributed by atoms with Crippen LogP contribution in [0, 0.1) is 12.3 Å². The molecule has 1 aliphatic carbocycles. The number of aliphatic hydroxyl groups excluding tert-OH is 1. The standard InChI is InChI=1S/C26H32N4O2/c1-3-13-30-14-12-26(2,17-30)20-6-4-18(5-7-20)19-15-23(24(27)28-16-19)25(32)29-21-8-10-22(31)11-9-21/h1,4-7,15-16,21-22,31H,8-14,17H2,2H3,(H2,27,28)(H,29,32)/t21-,22-,26-/m0/s1. The second-order valence-electron chi connectivity index (χ2n) is 9.44. The third-order valence-corrected chi connectivity index (χ3v) is 6.98. The molecule has 4 rings (SSSR count). The number of terminal acetylenes is 1. The Kier molecular flexibility index (Phi) is 6.50. The second kappa shape index (κ2) is 9.32. The Morgan fingerprint density at radius 1 is 1.28 bits per heavy atom. The van der Waals surface area contributed by atoms with Crippen LogP contribution in [-0.2, 0) is 5.41 Å². The van der Waals surface area contributed by atoms with E-state index in [4.69, 9.17) is 12.2 Å². The second-order valence-corrected chi connectivity index (χ2v) is 9.44. The molecule has 6 nitrogen and oxygen atoms in total. The molecule has 2 heterocycles. The minimum atomic E-state index is -0.256. The van der Waals surface area contributed by atoms with Crippen LogP contribution in [0.2, 0.25) is 0 Å². The zero-order valence-electron chi connectivity index (χ0n) is 18.7. The van der Waals surface area contributed by atoms with Crippen molar-refractivity contribution in [1.82, 2.24) is 15.2 Å². The number of carbonyl (C=O) groups is 1. The molecular weight excluding hydrogens is 400 g/mol. The maximum absolute atomic E-state index is 12.8. The number of rotatable bonds is 5. The van der Waals surface area contributed by atoms with Crippen molar-refractivity contribution in [1.29, 1.82) is 0 Å². The highest BCUT2D eigenvalue weighted by Crippen LogP contribution is 2.35. The van der Waals surface area contributed by atoms with Gasteiger partial charge >= 0.3 is 0 Å². The fourth-order valence-electron chi connectivity index (χ4n) is 4.92. The summed E-state index contributed by atoms with van der Waals surface area (Å²) in [5.74, 6) is 2.76. The summed E-state index contributed by atoms with van der Waals surface area (Å²) in [4.78, 5) is 19.4. The number of benzene rings is 1. The van der Waals surface area contributed by atoms with Crippen molar-refractivity contribution in [3.63, 3.8) is 0 Å². The Morgan fingerprint density at radius 2 is 2.00 bits per heavy atom. The van der Waals surface area contributed by atoms with Gasteiger partial charge in [-0.25, -0.2) is 4.98 Å². The monoisotopic (exact) mass is 432 g/mol. The summed E-state index contributed by atoms with van der Waals surface area (Å²) in [6, 6.07) is 10.4. The molecular formula is C26H32N4O2. The molecule has 1 saturated carbocycles. The number of pyridine rings is 1. The summed E-state index contributed by atoms with van der Waals surface area (Å²) < 4.78 is 0. The first-order chi connectivity index (χ1) is 15.4. The molecule has 1 aliphatic heterocycles. The van der Waals surface area contributed by atoms with Gasteiger partial charge < -0.3 is 16.2 Å². The number of anilines is 1. The van der Waals surface area contributed by atoms with E-state index in [1.54, 1.807) is 6.20 Å². The Labute approximate surface area is 190 Å². The van der Waals surface area contributed by atoms with E-state index >= 15 is 0 Å². The van der Waals surface area contributed by atoms with E-state index in [1.165, 1.54) is 5.56 Å². The fraction of sp³-hybridized carbons (Fsp3) is 0.462. The summed E-state index contributed by atoms with van der Waals surface area (Å²) in [6.07, 6.45) is 11.0. The molecule has 0 radical (unpaired) electrons. The van der Waals surface area contributed by atoms with E-state index in [1.807, 2.05) is 6.07 Å². The summed E-state index contributed by atoms with van der Waals surface area (Å²) in [5.41, 5.74) is 9.66. The van der Waals surface area contributed by atoms with Crippen molar-refractivity contribution in [2.75, 3.05) is 25.4 Å². The molecule has 2 fully saturated rings. The van der Waals surface area contributed by atoms with Crippen LogP contribution in [-0.4, -0.2) is 52.7 Å². The maximum Gasteiger partial charge on any atom is 0.255 e. The lowest BCUT2D eigenvalue weighted by atomic mass is 9.81. The van der Waals surface area contributed by atoms with Crippen LogP contribution in [0.3, 0.4) is 0 Å². The van der Waals surface area contributed by atoms with Gasteiger partial charge in [-0.15, -0.1) is 6.42 Å². The van der Waals surface area contributed by atoms with E-state index < -0.39 is 0 Å². The van der Waals surface area contributed by atoms with Gasteiger partial charge in [0.2, 0.25) is 0 Å². The van der Waals surface area contributed by atoms with Gasteiger partial charge in [-0.1, -0.05) is 37.1 Å². The topological polar surface area (TPSA) is 91.5 Å². The number of hydrogen-bond acceptors (Lipinski definition) is 5. The Balaban J connectivity index is 1.48. The van der Waals surface area contributed by atoms with Gasteiger partial charge in [0.25, 0.3) is 5.91 Å². The van der Waals surface area contributed by atoms with Crippen molar-refractivity contribution in [3.05, 3.63) is 47.7 Å². The van der Waals surface area contributed by atoms with Crippen molar-refractivity contribution >= 4 is 11.7 Å².